The number of amidine groups is 1. The Balaban J connectivity index is 1.74. The second-order valence-corrected chi connectivity index (χ2v) is 9.91. The minimum absolute atomic E-state index is 0.0103. The number of rotatable bonds is 6. The molecule has 0 unspecified atom stereocenters. The molecule has 2 fully saturated rings. The summed E-state index contributed by atoms with van der Waals surface area (Å²) in [6.45, 7) is 0.445. The van der Waals surface area contributed by atoms with E-state index in [0.29, 0.717) is 18.1 Å². The van der Waals surface area contributed by atoms with Gasteiger partial charge in [0, 0.05) is 18.2 Å². The Bertz CT molecular complexity index is 870. The molecule has 10 heteroatoms. The minimum atomic E-state index is -3.13. The van der Waals surface area contributed by atoms with Gasteiger partial charge in [0.1, 0.15) is 5.82 Å². The topological polar surface area (TPSA) is 104 Å². The van der Waals surface area contributed by atoms with Gasteiger partial charge in [0.05, 0.1) is 24.0 Å². The average molecular weight is 414 g/mol. The molecule has 146 valence electrons. The molecule has 0 aromatic heterocycles. The van der Waals surface area contributed by atoms with Gasteiger partial charge in [-0.1, -0.05) is 23.9 Å². The molecule has 1 aromatic rings. The molecule has 2 aliphatic heterocycles. The minimum Gasteiger partial charge on any atom is -0.481 e. The number of fused-ring (bicyclic) bond motifs is 1. The van der Waals surface area contributed by atoms with Gasteiger partial charge in [-0.25, -0.2) is 12.8 Å². The molecule has 1 aromatic carbocycles. The summed E-state index contributed by atoms with van der Waals surface area (Å²) in [5, 5.41) is 8.94. The van der Waals surface area contributed by atoms with Crippen molar-refractivity contribution >= 4 is 38.6 Å². The predicted octanol–water partition coefficient (Wildman–Crippen LogP) is 1.33. The lowest BCUT2D eigenvalue weighted by molar-refractivity contribution is -0.138. The number of benzene rings is 1. The fourth-order valence-electron chi connectivity index (χ4n) is 3.17. The number of carbonyl (C=O) groups excluding carboxylic acids is 1. The van der Waals surface area contributed by atoms with Crippen molar-refractivity contribution in [2.45, 2.75) is 30.6 Å². The zero-order valence-corrected chi connectivity index (χ0v) is 16.0. The van der Waals surface area contributed by atoms with Crippen molar-refractivity contribution in [1.82, 2.24) is 4.90 Å². The first kappa shape index (κ1) is 19.8. The van der Waals surface area contributed by atoms with Gasteiger partial charge in [-0.05, 0) is 24.1 Å². The lowest BCUT2D eigenvalue weighted by Crippen LogP contribution is -2.39. The fraction of sp³-hybridized carbons (Fsp3) is 0.471. The Kier molecular flexibility index (Phi) is 5.85. The van der Waals surface area contributed by atoms with Crippen LogP contribution in [0.2, 0.25) is 0 Å². The zero-order chi connectivity index (χ0) is 19.6. The highest BCUT2D eigenvalue weighted by molar-refractivity contribution is 8.15. The Morgan fingerprint density at radius 3 is 2.59 bits per heavy atom. The van der Waals surface area contributed by atoms with Crippen LogP contribution in [0.5, 0.6) is 0 Å². The van der Waals surface area contributed by atoms with Gasteiger partial charge in [-0.3, -0.25) is 9.59 Å². The number of halogens is 1. The highest BCUT2D eigenvalue weighted by Gasteiger charge is 2.48. The summed E-state index contributed by atoms with van der Waals surface area (Å²) in [7, 11) is -3.13. The van der Waals surface area contributed by atoms with E-state index in [4.69, 9.17) is 5.11 Å². The summed E-state index contributed by atoms with van der Waals surface area (Å²) in [5.41, 5.74) is 0.891. The van der Waals surface area contributed by atoms with Crippen molar-refractivity contribution in [3.63, 3.8) is 0 Å². The molecule has 0 saturated carbocycles. The van der Waals surface area contributed by atoms with Crippen LogP contribution in [-0.4, -0.2) is 64.8 Å². The second kappa shape index (κ2) is 7.97. The quantitative estimate of drug-likeness (QED) is 0.749. The van der Waals surface area contributed by atoms with E-state index in [1.165, 1.54) is 23.9 Å². The third kappa shape index (κ3) is 5.07. The van der Waals surface area contributed by atoms with Crippen molar-refractivity contribution in [1.29, 1.82) is 0 Å². The van der Waals surface area contributed by atoms with E-state index in [-0.39, 0.29) is 41.5 Å². The molecule has 2 atom stereocenters. The number of nitrogens with zero attached hydrogens (tertiary/aromatic N) is 2. The van der Waals surface area contributed by atoms with Crippen molar-refractivity contribution < 1.29 is 27.5 Å². The van der Waals surface area contributed by atoms with Gasteiger partial charge in [-0.15, -0.1) is 0 Å². The summed E-state index contributed by atoms with van der Waals surface area (Å²) in [5.74, 6) is -1.88. The van der Waals surface area contributed by atoms with Crippen LogP contribution in [0.4, 0.5) is 4.39 Å². The van der Waals surface area contributed by atoms with Crippen LogP contribution in [0.15, 0.2) is 29.3 Å². The van der Waals surface area contributed by atoms with Crippen LogP contribution in [-0.2, 0) is 25.8 Å². The number of carbonyl (C=O) groups is 2. The van der Waals surface area contributed by atoms with E-state index in [9.17, 15) is 22.4 Å². The van der Waals surface area contributed by atoms with E-state index >= 15 is 0 Å². The van der Waals surface area contributed by atoms with Gasteiger partial charge in [0.15, 0.2) is 15.0 Å². The molecule has 0 bridgehead atoms. The Hall–Kier alpha value is -1.94. The van der Waals surface area contributed by atoms with E-state index < -0.39 is 21.7 Å². The van der Waals surface area contributed by atoms with Crippen molar-refractivity contribution in [2.24, 2.45) is 4.99 Å². The smallest absolute Gasteiger partial charge is 0.303 e. The maximum atomic E-state index is 13.0. The molecular formula is C17H19FN2O5S2. The van der Waals surface area contributed by atoms with Crippen molar-refractivity contribution in [3.05, 3.63) is 35.6 Å². The normalized spacial score (nSPS) is 24.9. The molecule has 1 amide bonds. The first-order chi connectivity index (χ1) is 12.7. The Morgan fingerprint density at radius 1 is 1.22 bits per heavy atom. The molecule has 3 rings (SSSR count). The molecule has 7 nitrogen and oxygen atoms in total. The maximum Gasteiger partial charge on any atom is 0.303 e. The number of hydrogen-bond acceptors (Lipinski definition) is 5. The monoisotopic (exact) mass is 414 g/mol. The van der Waals surface area contributed by atoms with Gasteiger partial charge in [-0.2, -0.15) is 4.99 Å². The highest BCUT2D eigenvalue weighted by Crippen LogP contribution is 2.38. The summed E-state index contributed by atoms with van der Waals surface area (Å²) in [4.78, 5) is 28.4. The number of aliphatic imine (C=N–C) groups is 1. The molecule has 2 heterocycles. The van der Waals surface area contributed by atoms with Crippen LogP contribution in [0.25, 0.3) is 0 Å². The second-order valence-electron chi connectivity index (χ2n) is 6.55. The first-order valence-corrected chi connectivity index (χ1v) is 11.1. The molecule has 0 spiro atoms. The van der Waals surface area contributed by atoms with Crippen LogP contribution in [0.3, 0.4) is 0 Å². The molecule has 0 radical (unpaired) electrons. The van der Waals surface area contributed by atoms with Gasteiger partial charge < -0.3 is 10.0 Å². The lowest BCUT2D eigenvalue weighted by Gasteiger charge is -2.24. The third-order valence-corrected chi connectivity index (χ3v) is 7.75. The number of amides is 1. The molecule has 2 aliphatic rings. The van der Waals surface area contributed by atoms with Crippen LogP contribution in [0.1, 0.15) is 18.4 Å². The number of carboxylic acid groups (broad SMARTS) is 1. The number of hydrogen-bond donors (Lipinski definition) is 1. The van der Waals surface area contributed by atoms with E-state index in [1.807, 2.05) is 4.90 Å². The number of aliphatic carboxylic acids is 1. The molecule has 1 N–H and O–H groups in total. The van der Waals surface area contributed by atoms with Crippen LogP contribution >= 0.6 is 11.8 Å². The number of carboxylic acids is 1. The lowest BCUT2D eigenvalue weighted by atomic mass is 10.1. The molecule has 0 aliphatic carbocycles. The van der Waals surface area contributed by atoms with E-state index in [2.05, 4.69) is 4.99 Å². The molecule has 2 saturated heterocycles. The van der Waals surface area contributed by atoms with E-state index in [0.717, 1.165) is 5.56 Å². The summed E-state index contributed by atoms with van der Waals surface area (Å²) in [6.07, 6.45) is 0.0579. The molecular weight excluding hydrogens is 395 g/mol. The SMILES string of the molecule is O=C(O)CCC(=O)N=C1S[C@@H]2CS(=O)(=O)C[C@H]2N1CCc1ccc(F)cc1. The first-order valence-electron chi connectivity index (χ1n) is 8.45. The van der Waals surface area contributed by atoms with E-state index in [1.54, 1.807) is 12.1 Å². The average Bonchev–Trinajstić information content (AvgIpc) is 3.04. The standard InChI is InChI=1S/C17H19FN2O5S2/c18-12-3-1-11(2-4-12)7-8-20-13-9-27(24,25)10-14(13)26-17(20)19-15(21)5-6-16(22)23/h1-4,13-14H,5-10H2,(H,22,23)/t13-,14-/m1/s1. The maximum absolute atomic E-state index is 13.0. The zero-order valence-electron chi connectivity index (χ0n) is 14.4. The summed E-state index contributed by atoms with van der Waals surface area (Å²) in [6, 6.07) is 5.79. The fourth-order valence-corrected chi connectivity index (χ4v) is 7.17. The molecule has 27 heavy (non-hydrogen) atoms. The summed E-state index contributed by atoms with van der Waals surface area (Å²) >= 11 is 1.26. The van der Waals surface area contributed by atoms with Crippen LogP contribution in [0, 0.1) is 5.82 Å². The predicted molar refractivity (Wildman–Crippen MR) is 99.9 cm³/mol. The van der Waals surface area contributed by atoms with Gasteiger partial charge >= 0.3 is 5.97 Å². The largest absolute Gasteiger partial charge is 0.481 e. The van der Waals surface area contributed by atoms with Crippen molar-refractivity contribution in [2.75, 3.05) is 18.1 Å². The Labute approximate surface area is 160 Å². The van der Waals surface area contributed by atoms with Crippen molar-refractivity contribution in [3.8, 4) is 0 Å². The number of thioether (sulfide) groups is 1. The Morgan fingerprint density at radius 2 is 1.93 bits per heavy atom. The van der Waals surface area contributed by atoms with Crippen LogP contribution < -0.4 is 0 Å². The highest BCUT2D eigenvalue weighted by atomic mass is 32.2. The third-order valence-electron chi connectivity index (χ3n) is 4.50. The van der Waals surface area contributed by atoms with Gasteiger partial charge in [0.25, 0.3) is 0 Å². The van der Waals surface area contributed by atoms with Gasteiger partial charge in [0.2, 0.25) is 5.91 Å². The number of sulfone groups is 1. The summed E-state index contributed by atoms with van der Waals surface area (Å²) < 4.78 is 37.0.